The fraction of sp³-hybridized carbons (Fsp3) is 0.400. The maximum atomic E-state index is 13.2. The van der Waals surface area contributed by atoms with E-state index in [-0.39, 0.29) is 9.92 Å². The Morgan fingerprint density at radius 3 is 2.56 bits per heavy atom. The van der Waals surface area contributed by atoms with Crippen LogP contribution in [0.1, 0.15) is 37.7 Å². The van der Waals surface area contributed by atoms with Crippen LogP contribution in [0.5, 0.6) is 0 Å². The Morgan fingerprint density at radius 2 is 1.85 bits per heavy atom. The summed E-state index contributed by atoms with van der Waals surface area (Å²) in [4.78, 5) is 2.15. The van der Waals surface area contributed by atoms with Crippen molar-refractivity contribution in [3.05, 3.63) is 58.9 Å². The van der Waals surface area contributed by atoms with Crippen molar-refractivity contribution < 1.29 is 12.8 Å². The van der Waals surface area contributed by atoms with Gasteiger partial charge >= 0.3 is 0 Å². The summed E-state index contributed by atoms with van der Waals surface area (Å²) in [5.74, 6) is -0.576. The topological polar surface area (TPSA) is 49.4 Å². The first kappa shape index (κ1) is 20.1. The third kappa shape index (κ3) is 5.00. The van der Waals surface area contributed by atoms with Gasteiger partial charge in [-0.2, -0.15) is 0 Å². The van der Waals surface area contributed by atoms with Crippen LogP contribution in [0.15, 0.2) is 47.4 Å². The molecule has 2 aromatic carbocycles. The minimum absolute atomic E-state index is 0.138. The Hall–Kier alpha value is -1.63. The molecule has 0 amide bonds. The molecule has 146 valence electrons. The van der Waals surface area contributed by atoms with Crippen LogP contribution in [0.2, 0.25) is 5.02 Å². The van der Waals surface area contributed by atoms with Gasteiger partial charge in [-0.05, 0) is 49.7 Å². The highest BCUT2D eigenvalue weighted by atomic mass is 35.5. The molecule has 0 saturated heterocycles. The summed E-state index contributed by atoms with van der Waals surface area (Å²) in [6, 6.07) is 11.1. The second-order valence-electron chi connectivity index (χ2n) is 7.04. The van der Waals surface area contributed by atoms with E-state index in [1.165, 1.54) is 38.2 Å². The second kappa shape index (κ2) is 8.59. The minimum Gasteiger partial charge on any atom is -0.299 e. The average molecular weight is 411 g/mol. The van der Waals surface area contributed by atoms with Crippen molar-refractivity contribution >= 4 is 27.3 Å². The van der Waals surface area contributed by atoms with Gasteiger partial charge in [0.1, 0.15) is 10.7 Å². The molecule has 7 heteroatoms. The lowest BCUT2D eigenvalue weighted by Gasteiger charge is -2.31. The van der Waals surface area contributed by atoms with E-state index in [0.717, 1.165) is 17.7 Å². The number of para-hydroxylation sites is 1. The van der Waals surface area contributed by atoms with Crippen molar-refractivity contribution in [3.63, 3.8) is 0 Å². The molecule has 1 aliphatic rings. The number of sulfonamides is 1. The minimum atomic E-state index is -3.91. The Kier molecular flexibility index (Phi) is 6.40. The molecular weight excluding hydrogens is 387 g/mol. The van der Waals surface area contributed by atoms with Crippen LogP contribution in [0.3, 0.4) is 0 Å². The number of hydrogen-bond donors (Lipinski definition) is 1. The Bertz CT molecular complexity index is 899. The predicted octanol–water partition coefficient (Wildman–Crippen LogP) is 5.04. The first-order chi connectivity index (χ1) is 12.9. The molecule has 3 rings (SSSR count). The number of benzene rings is 2. The zero-order valence-corrected chi connectivity index (χ0v) is 16.9. The van der Waals surface area contributed by atoms with Gasteiger partial charge in [-0.1, -0.05) is 49.1 Å². The summed E-state index contributed by atoms with van der Waals surface area (Å²) in [7, 11) is -1.83. The number of halogens is 2. The normalized spacial score (nSPS) is 15.9. The molecule has 0 bridgehead atoms. The predicted molar refractivity (Wildman–Crippen MR) is 107 cm³/mol. The lowest BCUT2D eigenvalue weighted by molar-refractivity contribution is 0.185. The molecule has 1 saturated carbocycles. The fourth-order valence-corrected chi connectivity index (χ4v) is 5.20. The van der Waals surface area contributed by atoms with E-state index in [9.17, 15) is 12.8 Å². The summed E-state index contributed by atoms with van der Waals surface area (Å²) in [6.45, 7) is 0.653. The van der Waals surface area contributed by atoms with Gasteiger partial charge in [0.05, 0.1) is 10.7 Å². The quantitative estimate of drug-likeness (QED) is 0.725. The van der Waals surface area contributed by atoms with Gasteiger partial charge in [0.15, 0.2) is 0 Å². The SMILES string of the molecule is CN(Cc1ccccc1NS(=O)(=O)c1ccc(F)cc1Cl)C1CCCCC1. The van der Waals surface area contributed by atoms with Crippen LogP contribution in [0.25, 0.3) is 0 Å². The molecule has 0 unspecified atom stereocenters. The van der Waals surface area contributed by atoms with Crippen LogP contribution < -0.4 is 4.72 Å². The number of hydrogen-bond acceptors (Lipinski definition) is 3. The van der Waals surface area contributed by atoms with Gasteiger partial charge in [-0.15, -0.1) is 0 Å². The second-order valence-corrected chi connectivity index (χ2v) is 9.10. The van der Waals surface area contributed by atoms with Crippen molar-refractivity contribution in [2.24, 2.45) is 0 Å². The Labute approximate surface area is 165 Å². The summed E-state index contributed by atoms with van der Waals surface area (Å²) in [5.41, 5.74) is 1.41. The summed E-state index contributed by atoms with van der Waals surface area (Å²) in [5, 5.41) is -0.140. The van der Waals surface area contributed by atoms with Crippen LogP contribution in [0.4, 0.5) is 10.1 Å². The Morgan fingerprint density at radius 1 is 1.15 bits per heavy atom. The molecule has 0 radical (unpaired) electrons. The third-order valence-electron chi connectivity index (χ3n) is 5.06. The monoisotopic (exact) mass is 410 g/mol. The Balaban J connectivity index is 1.81. The summed E-state index contributed by atoms with van der Waals surface area (Å²) in [6.07, 6.45) is 6.13. The van der Waals surface area contributed by atoms with Crippen LogP contribution in [-0.2, 0) is 16.6 Å². The zero-order chi connectivity index (χ0) is 19.4. The van der Waals surface area contributed by atoms with Crippen molar-refractivity contribution in [1.29, 1.82) is 0 Å². The molecule has 1 fully saturated rings. The van der Waals surface area contributed by atoms with Crippen LogP contribution >= 0.6 is 11.6 Å². The van der Waals surface area contributed by atoms with Gasteiger partial charge in [-0.3, -0.25) is 9.62 Å². The van der Waals surface area contributed by atoms with Gasteiger partial charge in [0.2, 0.25) is 0 Å². The number of nitrogens with zero attached hydrogens (tertiary/aromatic N) is 1. The number of rotatable bonds is 6. The molecule has 27 heavy (non-hydrogen) atoms. The maximum absolute atomic E-state index is 13.2. The molecule has 0 atom stereocenters. The molecule has 0 spiro atoms. The number of anilines is 1. The zero-order valence-electron chi connectivity index (χ0n) is 15.3. The van der Waals surface area contributed by atoms with E-state index < -0.39 is 15.8 Å². The molecule has 0 aromatic heterocycles. The van der Waals surface area contributed by atoms with Crippen LogP contribution in [-0.4, -0.2) is 26.4 Å². The smallest absolute Gasteiger partial charge is 0.263 e. The van der Waals surface area contributed by atoms with Crippen molar-refractivity contribution in [2.45, 2.75) is 49.6 Å². The lowest BCUT2D eigenvalue weighted by atomic mass is 9.94. The molecule has 2 aromatic rings. The largest absolute Gasteiger partial charge is 0.299 e. The van der Waals surface area contributed by atoms with E-state index in [1.54, 1.807) is 12.1 Å². The summed E-state index contributed by atoms with van der Waals surface area (Å²) < 4.78 is 41.3. The first-order valence-electron chi connectivity index (χ1n) is 9.13. The van der Waals surface area contributed by atoms with E-state index in [1.807, 2.05) is 12.1 Å². The lowest BCUT2D eigenvalue weighted by Crippen LogP contribution is -2.33. The van der Waals surface area contributed by atoms with Crippen molar-refractivity contribution in [3.8, 4) is 0 Å². The van der Waals surface area contributed by atoms with E-state index >= 15 is 0 Å². The van der Waals surface area contributed by atoms with E-state index in [4.69, 9.17) is 11.6 Å². The molecule has 0 heterocycles. The molecule has 1 N–H and O–H groups in total. The van der Waals surface area contributed by atoms with Gasteiger partial charge in [-0.25, -0.2) is 12.8 Å². The van der Waals surface area contributed by atoms with E-state index in [2.05, 4.69) is 16.7 Å². The molecular formula is C20H24ClFN2O2S. The van der Waals surface area contributed by atoms with Crippen LogP contribution in [0, 0.1) is 5.82 Å². The third-order valence-corrected chi connectivity index (χ3v) is 6.91. The molecule has 1 aliphatic carbocycles. The highest BCUT2D eigenvalue weighted by molar-refractivity contribution is 7.92. The summed E-state index contributed by atoms with van der Waals surface area (Å²) >= 11 is 5.94. The van der Waals surface area contributed by atoms with Gasteiger partial charge in [0, 0.05) is 12.6 Å². The van der Waals surface area contributed by atoms with Gasteiger partial charge in [0.25, 0.3) is 10.0 Å². The fourth-order valence-electron chi connectivity index (χ4n) is 3.57. The molecule has 4 nitrogen and oxygen atoms in total. The first-order valence-corrected chi connectivity index (χ1v) is 11.0. The maximum Gasteiger partial charge on any atom is 0.263 e. The van der Waals surface area contributed by atoms with E-state index in [0.29, 0.717) is 18.3 Å². The number of nitrogens with one attached hydrogen (secondary N) is 1. The highest BCUT2D eigenvalue weighted by Crippen LogP contribution is 2.28. The van der Waals surface area contributed by atoms with Crippen molar-refractivity contribution in [1.82, 2.24) is 4.90 Å². The highest BCUT2D eigenvalue weighted by Gasteiger charge is 2.22. The standard InChI is InChI=1S/C20H24ClFN2O2S/c1-24(17-8-3-2-4-9-17)14-15-7-5-6-10-19(15)23-27(25,26)20-12-11-16(22)13-18(20)21/h5-7,10-13,17,23H,2-4,8-9,14H2,1H3. The van der Waals surface area contributed by atoms with Gasteiger partial charge < -0.3 is 0 Å². The molecule has 0 aliphatic heterocycles. The average Bonchev–Trinajstić information content (AvgIpc) is 2.63. The van der Waals surface area contributed by atoms with Crippen molar-refractivity contribution in [2.75, 3.05) is 11.8 Å².